The first kappa shape index (κ1) is 13.6. The average molecular weight is 372 g/mol. The van der Waals surface area contributed by atoms with Gasteiger partial charge in [0.1, 0.15) is 12.2 Å². The molecular formula is C9H10FIN2O5. The molecule has 1 saturated heterocycles. The van der Waals surface area contributed by atoms with Crippen LogP contribution in [0.4, 0.5) is 4.39 Å². The van der Waals surface area contributed by atoms with E-state index in [2.05, 4.69) is 0 Å². The topological polar surface area (TPSA) is 105 Å². The van der Waals surface area contributed by atoms with Gasteiger partial charge in [-0.1, -0.05) is 22.6 Å². The molecule has 1 aromatic heterocycles. The number of nitrogens with one attached hydrogen (secondary N) is 1. The highest BCUT2D eigenvalue weighted by Crippen LogP contribution is 2.29. The fourth-order valence-corrected chi connectivity index (χ4v) is 2.46. The predicted octanol–water partition coefficient (Wildman–Crippen LogP) is -1.27. The summed E-state index contributed by atoms with van der Waals surface area (Å²) in [6.45, 7) is 0. The molecule has 0 aromatic carbocycles. The van der Waals surface area contributed by atoms with Gasteiger partial charge in [0, 0.05) is 4.43 Å². The molecule has 2 heterocycles. The Bertz CT molecular complexity index is 559. The molecule has 2 unspecified atom stereocenters. The zero-order valence-corrected chi connectivity index (χ0v) is 11.1. The summed E-state index contributed by atoms with van der Waals surface area (Å²) in [6, 6.07) is 0. The Labute approximate surface area is 113 Å². The van der Waals surface area contributed by atoms with Crippen molar-refractivity contribution in [3.05, 3.63) is 32.9 Å². The van der Waals surface area contributed by atoms with E-state index < -0.39 is 41.6 Å². The monoisotopic (exact) mass is 372 g/mol. The molecule has 18 heavy (non-hydrogen) atoms. The van der Waals surface area contributed by atoms with Crippen LogP contribution < -0.4 is 11.2 Å². The number of ether oxygens (including phenoxy) is 1. The van der Waals surface area contributed by atoms with Crippen molar-refractivity contribution >= 4 is 22.6 Å². The molecule has 0 amide bonds. The lowest BCUT2D eigenvalue weighted by molar-refractivity contribution is -0.0340. The molecule has 1 aromatic rings. The van der Waals surface area contributed by atoms with Crippen molar-refractivity contribution in [2.75, 3.05) is 4.43 Å². The summed E-state index contributed by atoms with van der Waals surface area (Å²) in [5.41, 5.74) is -2.05. The number of hydrogen-bond acceptors (Lipinski definition) is 5. The third-order valence-electron chi connectivity index (χ3n) is 2.69. The molecule has 1 aliphatic heterocycles. The lowest BCUT2D eigenvalue weighted by atomic mass is 10.1. The average Bonchev–Trinajstić information content (AvgIpc) is 2.61. The van der Waals surface area contributed by atoms with Gasteiger partial charge < -0.3 is 14.9 Å². The van der Waals surface area contributed by atoms with Crippen molar-refractivity contribution in [1.82, 2.24) is 9.55 Å². The van der Waals surface area contributed by atoms with Gasteiger partial charge in [-0.2, -0.15) is 4.39 Å². The summed E-state index contributed by atoms with van der Waals surface area (Å²) < 4.78 is 19.5. The van der Waals surface area contributed by atoms with Gasteiger partial charge in [-0.15, -0.1) is 0 Å². The van der Waals surface area contributed by atoms with Crippen LogP contribution in [0.1, 0.15) is 6.23 Å². The summed E-state index contributed by atoms with van der Waals surface area (Å²) in [6.07, 6.45) is -3.77. The van der Waals surface area contributed by atoms with Gasteiger partial charge in [0.15, 0.2) is 6.23 Å². The van der Waals surface area contributed by atoms with Crippen LogP contribution in [0.15, 0.2) is 15.8 Å². The van der Waals surface area contributed by atoms with Gasteiger partial charge in [-0.3, -0.25) is 14.3 Å². The largest absolute Gasteiger partial charge is 0.387 e. The number of rotatable bonds is 2. The molecule has 100 valence electrons. The highest BCUT2D eigenvalue weighted by molar-refractivity contribution is 14.1. The number of alkyl halides is 1. The Balaban J connectivity index is 2.42. The minimum Gasteiger partial charge on any atom is -0.387 e. The smallest absolute Gasteiger partial charge is 0.330 e. The second-order valence-corrected chi connectivity index (χ2v) is 4.72. The van der Waals surface area contributed by atoms with Crippen LogP contribution in [-0.2, 0) is 4.74 Å². The van der Waals surface area contributed by atoms with E-state index >= 15 is 0 Å². The number of halogens is 2. The normalized spacial score (nSPS) is 31.8. The number of aromatic amines is 1. The van der Waals surface area contributed by atoms with E-state index in [-0.39, 0.29) is 0 Å². The number of H-pyrrole nitrogens is 1. The van der Waals surface area contributed by atoms with E-state index in [0.717, 1.165) is 4.57 Å². The van der Waals surface area contributed by atoms with E-state index in [1.165, 1.54) is 0 Å². The van der Waals surface area contributed by atoms with Gasteiger partial charge in [-0.05, 0) is 0 Å². The third-order valence-corrected chi connectivity index (χ3v) is 3.56. The summed E-state index contributed by atoms with van der Waals surface area (Å²) in [7, 11) is 0. The molecule has 9 heteroatoms. The summed E-state index contributed by atoms with van der Waals surface area (Å²) in [5, 5.41) is 19.4. The Morgan fingerprint density at radius 3 is 2.67 bits per heavy atom. The minimum absolute atomic E-state index is 0.396. The molecule has 4 atom stereocenters. The molecule has 1 fully saturated rings. The fraction of sp³-hybridized carbons (Fsp3) is 0.556. The van der Waals surface area contributed by atoms with E-state index in [4.69, 9.17) is 4.74 Å². The Morgan fingerprint density at radius 1 is 1.44 bits per heavy atom. The van der Waals surface area contributed by atoms with Crippen LogP contribution in [0.2, 0.25) is 0 Å². The number of aromatic nitrogens is 2. The lowest BCUT2D eigenvalue weighted by Gasteiger charge is -2.16. The maximum absolute atomic E-state index is 13.1. The van der Waals surface area contributed by atoms with Crippen LogP contribution in [0, 0.1) is 5.82 Å². The second kappa shape index (κ2) is 5.07. The summed E-state index contributed by atoms with van der Waals surface area (Å²) >= 11 is 1.95. The number of aliphatic hydroxyl groups is 2. The molecule has 0 radical (unpaired) electrons. The van der Waals surface area contributed by atoms with Gasteiger partial charge in [0.2, 0.25) is 5.82 Å². The van der Waals surface area contributed by atoms with Gasteiger partial charge in [0.25, 0.3) is 5.56 Å². The van der Waals surface area contributed by atoms with Crippen molar-refractivity contribution in [2.45, 2.75) is 24.5 Å². The minimum atomic E-state index is -1.37. The van der Waals surface area contributed by atoms with E-state index in [1.54, 1.807) is 4.98 Å². The Kier molecular flexibility index (Phi) is 3.84. The van der Waals surface area contributed by atoms with Gasteiger partial charge in [-0.25, -0.2) is 4.79 Å². The van der Waals surface area contributed by atoms with Crippen molar-refractivity contribution < 1.29 is 19.3 Å². The standard InChI is InChI=1S/C9H10FIN2O5/c10-3-2-13(9(17)12-7(3)16)8-6(15)5(14)4(1-11)18-8/h2,4-6,8,14-15H,1H2,(H,12,16,17)/t4-,5?,6?,8-/m0/s1. The van der Waals surface area contributed by atoms with Crippen molar-refractivity contribution in [3.8, 4) is 0 Å². The van der Waals surface area contributed by atoms with Crippen molar-refractivity contribution in [2.24, 2.45) is 0 Å². The van der Waals surface area contributed by atoms with Crippen LogP contribution >= 0.6 is 22.6 Å². The summed E-state index contributed by atoms with van der Waals surface area (Å²) in [5.74, 6) is -1.17. The first-order chi connectivity index (χ1) is 8.45. The first-order valence-corrected chi connectivity index (χ1v) is 6.56. The van der Waals surface area contributed by atoms with E-state index in [9.17, 15) is 24.2 Å². The maximum Gasteiger partial charge on any atom is 0.330 e. The second-order valence-electron chi connectivity index (χ2n) is 3.84. The van der Waals surface area contributed by atoms with Gasteiger partial charge >= 0.3 is 5.69 Å². The lowest BCUT2D eigenvalue weighted by Crippen LogP contribution is -2.38. The first-order valence-electron chi connectivity index (χ1n) is 5.04. The zero-order chi connectivity index (χ0) is 13.4. The number of hydrogen-bond donors (Lipinski definition) is 3. The van der Waals surface area contributed by atoms with Crippen LogP contribution in [0.3, 0.4) is 0 Å². The van der Waals surface area contributed by atoms with Crippen molar-refractivity contribution in [1.29, 1.82) is 0 Å². The highest BCUT2D eigenvalue weighted by atomic mass is 127. The number of aliphatic hydroxyl groups excluding tert-OH is 2. The van der Waals surface area contributed by atoms with Crippen LogP contribution in [0.5, 0.6) is 0 Å². The molecule has 0 saturated carbocycles. The van der Waals surface area contributed by atoms with E-state index in [0.29, 0.717) is 10.6 Å². The third kappa shape index (κ3) is 2.22. The predicted molar refractivity (Wildman–Crippen MR) is 66.1 cm³/mol. The molecule has 0 spiro atoms. The Hall–Kier alpha value is -0.780. The molecule has 0 aliphatic carbocycles. The maximum atomic E-state index is 13.1. The van der Waals surface area contributed by atoms with Crippen LogP contribution in [-0.4, -0.2) is 42.5 Å². The van der Waals surface area contributed by atoms with E-state index in [1.807, 2.05) is 22.6 Å². The van der Waals surface area contributed by atoms with Crippen molar-refractivity contribution in [3.63, 3.8) is 0 Å². The molecule has 1 aliphatic rings. The summed E-state index contributed by atoms with van der Waals surface area (Å²) in [4.78, 5) is 24.1. The Morgan fingerprint density at radius 2 is 2.11 bits per heavy atom. The highest BCUT2D eigenvalue weighted by Gasteiger charge is 2.43. The molecule has 2 rings (SSSR count). The molecule has 7 nitrogen and oxygen atoms in total. The molecule has 0 bridgehead atoms. The van der Waals surface area contributed by atoms with Crippen LogP contribution in [0.25, 0.3) is 0 Å². The quantitative estimate of drug-likeness (QED) is 0.444. The van der Waals surface area contributed by atoms with Gasteiger partial charge in [0.05, 0.1) is 12.3 Å². The SMILES string of the molecule is O=c1[nH]c(=O)n([C@H]2O[C@@H](CI)C(O)C2O)cc1F. The molecule has 3 N–H and O–H groups in total. The molecular weight excluding hydrogens is 362 g/mol. The number of nitrogens with zero attached hydrogens (tertiary/aromatic N) is 1. The fourth-order valence-electron chi connectivity index (χ4n) is 1.74. The zero-order valence-electron chi connectivity index (χ0n) is 8.92.